The van der Waals surface area contributed by atoms with E-state index in [-0.39, 0.29) is 30.0 Å². The number of hydrogen-bond acceptors (Lipinski definition) is 9. The van der Waals surface area contributed by atoms with Gasteiger partial charge in [0.15, 0.2) is 14.7 Å². The molecule has 6 rings (SSSR count). The van der Waals surface area contributed by atoms with Crippen LogP contribution in [-0.2, 0) is 53.7 Å². The average Bonchev–Trinajstić information content (AvgIpc) is 3.73. The number of benzene rings is 3. The standard InChI is InChI=1S/C19H26F2O9.C18H15S/c1-19(20,21)18(24)30-15-10-9-11-13(17(23)29-14(11)15)12(10)16(22)28-8-7-27-6-5-26-4-3-25-2;1-4-10-16(11-5-1)19(17-12-6-2-7-13-17)18-14-8-3-9-15-18/h10-15H,3-9H2,1-2H3;1-15H/q;+1. The third kappa shape index (κ3) is 9.04. The minimum absolute atomic E-state index is 0.0146. The molecule has 2 aliphatic carbocycles. The third-order valence-electron chi connectivity index (χ3n) is 8.63. The molecule has 1 aliphatic heterocycles. The van der Waals surface area contributed by atoms with Crippen LogP contribution in [-0.4, -0.2) is 82.8 Å². The van der Waals surface area contributed by atoms with Crippen molar-refractivity contribution >= 4 is 28.8 Å². The van der Waals surface area contributed by atoms with Gasteiger partial charge in [-0.1, -0.05) is 54.6 Å². The summed E-state index contributed by atoms with van der Waals surface area (Å²) in [6, 6.07) is 32.2. The maximum atomic E-state index is 13.2. The smallest absolute Gasteiger partial charge is 0.377 e. The number of hydrogen-bond donors (Lipinski definition) is 0. The molecule has 0 spiro atoms. The van der Waals surface area contributed by atoms with Crippen molar-refractivity contribution in [1.82, 2.24) is 0 Å². The lowest BCUT2D eigenvalue weighted by molar-refractivity contribution is -0.186. The van der Waals surface area contributed by atoms with E-state index in [9.17, 15) is 23.2 Å². The number of ether oxygens (including phenoxy) is 6. The molecule has 12 heteroatoms. The lowest BCUT2D eigenvalue weighted by Gasteiger charge is -2.30. The molecule has 1 saturated heterocycles. The van der Waals surface area contributed by atoms with Gasteiger partial charge in [-0.3, -0.25) is 9.59 Å². The summed E-state index contributed by atoms with van der Waals surface area (Å²) in [7, 11) is 1.56. The summed E-state index contributed by atoms with van der Waals surface area (Å²) >= 11 is 0. The highest BCUT2D eigenvalue weighted by Crippen LogP contribution is 2.59. The van der Waals surface area contributed by atoms with Gasteiger partial charge in [0.05, 0.1) is 55.8 Å². The molecule has 6 unspecified atom stereocenters. The SMILES string of the molecule is COCCOCCOCCOC(=O)C1C2CC3C(OC(=O)C31)C2OC(=O)C(C)(F)F.c1ccc([S+](c2ccccc2)c2ccccc2)cc1. The van der Waals surface area contributed by atoms with Crippen molar-refractivity contribution in [1.29, 1.82) is 0 Å². The van der Waals surface area contributed by atoms with E-state index in [0.717, 1.165) is 0 Å². The zero-order chi connectivity index (χ0) is 34.8. The lowest BCUT2D eigenvalue weighted by Crippen LogP contribution is -2.45. The van der Waals surface area contributed by atoms with Crippen LogP contribution in [0.25, 0.3) is 0 Å². The van der Waals surface area contributed by atoms with Gasteiger partial charge in [0, 0.05) is 25.9 Å². The van der Waals surface area contributed by atoms with Gasteiger partial charge < -0.3 is 28.4 Å². The first-order valence-electron chi connectivity index (χ1n) is 16.2. The Kier molecular flexibility index (Phi) is 12.8. The van der Waals surface area contributed by atoms with Crippen LogP contribution in [0.15, 0.2) is 106 Å². The summed E-state index contributed by atoms with van der Waals surface area (Å²) in [6.07, 6.45) is -1.48. The number of carbonyl (C=O) groups excluding carboxylic acids is 3. The van der Waals surface area contributed by atoms with E-state index in [1.54, 1.807) is 7.11 Å². The topological polar surface area (TPSA) is 107 Å². The van der Waals surface area contributed by atoms with Crippen LogP contribution < -0.4 is 0 Å². The molecule has 0 amide bonds. The predicted molar refractivity (Wildman–Crippen MR) is 175 cm³/mol. The number of esters is 3. The summed E-state index contributed by atoms with van der Waals surface area (Å²) in [4.78, 5) is 40.5. The van der Waals surface area contributed by atoms with Gasteiger partial charge in [-0.2, -0.15) is 8.78 Å². The van der Waals surface area contributed by atoms with Gasteiger partial charge in [0.2, 0.25) is 0 Å². The van der Waals surface area contributed by atoms with Crippen LogP contribution in [0.1, 0.15) is 13.3 Å². The Morgan fingerprint density at radius 2 is 1.27 bits per heavy atom. The molecule has 49 heavy (non-hydrogen) atoms. The van der Waals surface area contributed by atoms with E-state index < -0.39 is 53.8 Å². The molecule has 3 aromatic carbocycles. The van der Waals surface area contributed by atoms with Crippen LogP contribution in [0.3, 0.4) is 0 Å². The first kappa shape index (κ1) is 36.4. The number of rotatable bonds is 15. The quantitative estimate of drug-likeness (QED) is 0.0897. The number of alkyl halides is 2. The van der Waals surface area contributed by atoms with Crippen LogP contribution in [0.5, 0.6) is 0 Å². The Morgan fingerprint density at radius 1 is 0.776 bits per heavy atom. The highest BCUT2D eigenvalue weighted by Gasteiger charge is 2.70. The van der Waals surface area contributed by atoms with Crippen molar-refractivity contribution in [3.8, 4) is 0 Å². The molecule has 0 N–H and O–H groups in total. The molecule has 6 atom stereocenters. The van der Waals surface area contributed by atoms with Crippen LogP contribution in [0.2, 0.25) is 0 Å². The van der Waals surface area contributed by atoms with E-state index in [1.807, 2.05) is 0 Å². The van der Waals surface area contributed by atoms with Crippen molar-refractivity contribution in [2.45, 2.75) is 46.2 Å². The maximum absolute atomic E-state index is 13.2. The summed E-state index contributed by atoms with van der Waals surface area (Å²) in [5, 5.41) is 0. The van der Waals surface area contributed by atoms with Crippen molar-refractivity contribution < 1.29 is 51.6 Å². The zero-order valence-corrected chi connectivity index (χ0v) is 28.2. The second-order valence-electron chi connectivity index (χ2n) is 11.9. The summed E-state index contributed by atoms with van der Waals surface area (Å²) in [6.45, 7) is 2.15. The number of carbonyl (C=O) groups is 3. The molecule has 3 fully saturated rings. The molecule has 9 nitrogen and oxygen atoms in total. The molecule has 2 saturated carbocycles. The second kappa shape index (κ2) is 17.2. The van der Waals surface area contributed by atoms with Crippen LogP contribution in [0.4, 0.5) is 8.78 Å². The van der Waals surface area contributed by atoms with E-state index in [0.29, 0.717) is 39.8 Å². The summed E-state index contributed by atoms with van der Waals surface area (Å²) in [5.74, 6) is -9.12. The van der Waals surface area contributed by atoms with E-state index in [1.165, 1.54) is 14.7 Å². The third-order valence-corrected chi connectivity index (χ3v) is 10.9. The number of methoxy groups -OCH3 is 1. The van der Waals surface area contributed by atoms with Gasteiger partial charge in [-0.15, -0.1) is 0 Å². The summed E-state index contributed by atoms with van der Waals surface area (Å²) < 4.78 is 57.2. The van der Waals surface area contributed by atoms with E-state index in [4.69, 9.17) is 28.4 Å². The van der Waals surface area contributed by atoms with E-state index in [2.05, 4.69) is 91.0 Å². The molecule has 0 aromatic heterocycles. The maximum Gasteiger partial charge on any atom is 0.377 e. The predicted octanol–water partition coefficient (Wildman–Crippen LogP) is 5.37. The summed E-state index contributed by atoms with van der Waals surface area (Å²) in [5.41, 5.74) is 0. The Bertz CT molecular complexity index is 1410. The Hall–Kier alpha value is -3.84. The Labute approximate surface area is 287 Å². The number of fused-ring (bicyclic) bond motifs is 1. The van der Waals surface area contributed by atoms with Crippen molar-refractivity contribution in [2.24, 2.45) is 23.7 Å². The Morgan fingerprint density at radius 3 is 1.76 bits per heavy atom. The second-order valence-corrected chi connectivity index (χ2v) is 13.9. The van der Waals surface area contributed by atoms with Gasteiger partial charge in [-0.25, -0.2) is 4.79 Å². The average molecular weight is 700 g/mol. The lowest BCUT2D eigenvalue weighted by atomic mass is 9.78. The molecule has 1 heterocycles. The zero-order valence-electron chi connectivity index (χ0n) is 27.4. The highest BCUT2D eigenvalue weighted by molar-refractivity contribution is 7.97. The molecule has 3 aromatic rings. The van der Waals surface area contributed by atoms with Crippen molar-refractivity contribution in [3.63, 3.8) is 0 Å². The monoisotopic (exact) mass is 699 g/mol. The first-order valence-corrected chi connectivity index (χ1v) is 17.4. The molecule has 0 radical (unpaired) electrons. The molecule has 262 valence electrons. The van der Waals surface area contributed by atoms with Gasteiger partial charge in [0.25, 0.3) is 0 Å². The molecule has 2 bridgehead atoms. The normalized spacial score (nSPS) is 23.5. The van der Waals surface area contributed by atoms with Gasteiger partial charge >= 0.3 is 23.8 Å². The highest BCUT2D eigenvalue weighted by atomic mass is 32.2. The van der Waals surface area contributed by atoms with Gasteiger partial charge in [-0.05, 0) is 42.8 Å². The first-order chi connectivity index (χ1) is 23.7. The fourth-order valence-corrected chi connectivity index (χ4v) is 8.64. The fraction of sp³-hybridized carbons (Fsp3) is 0.432. The minimum Gasteiger partial charge on any atom is -0.463 e. The van der Waals surface area contributed by atoms with Crippen LogP contribution in [0, 0.1) is 23.7 Å². The Balaban J connectivity index is 0.000000211. The van der Waals surface area contributed by atoms with E-state index >= 15 is 0 Å². The van der Waals surface area contributed by atoms with Gasteiger partial charge in [0.1, 0.15) is 18.8 Å². The minimum atomic E-state index is -3.68. The van der Waals surface area contributed by atoms with Crippen LogP contribution >= 0.6 is 0 Å². The largest absolute Gasteiger partial charge is 0.463 e. The van der Waals surface area contributed by atoms with Crippen molar-refractivity contribution in [3.05, 3.63) is 91.0 Å². The molecular weight excluding hydrogens is 658 g/mol. The number of halogens is 2. The fourth-order valence-electron chi connectivity index (χ4n) is 6.54. The van der Waals surface area contributed by atoms with Crippen molar-refractivity contribution in [2.75, 3.05) is 46.8 Å². The molecule has 3 aliphatic rings. The molecular formula is C37H41F2O9S+.